The Morgan fingerprint density at radius 1 is 1.08 bits per heavy atom. The molecule has 0 spiro atoms. The lowest BCUT2D eigenvalue weighted by molar-refractivity contribution is -0.137. The lowest BCUT2D eigenvalue weighted by Crippen LogP contribution is -2.27. The van der Waals surface area contributed by atoms with Crippen molar-refractivity contribution in [3.63, 3.8) is 0 Å². The van der Waals surface area contributed by atoms with Crippen molar-refractivity contribution in [3.8, 4) is 0 Å². The van der Waals surface area contributed by atoms with Gasteiger partial charge in [-0.25, -0.2) is 0 Å². The Morgan fingerprint density at radius 3 is 2.54 bits per heavy atom. The van der Waals surface area contributed by atoms with Crippen molar-refractivity contribution >= 4 is 16.9 Å². The molecule has 1 atom stereocenters. The number of benzene rings is 2. The predicted molar refractivity (Wildman–Crippen MR) is 89.8 cm³/mol. The first kappa shape index (κ1) is 17.7. The van der Waals surface area contributed by atoms with E-state index in [1.54, 1.807) is 31.2 Å². The lowest BCUT2D eigenvalue weighted by Gasteiger charge is -2.16. The summed E-state index contributed by atoms with van der Waals surface area (Å²) in [5.41, 5.74) is -0.620. The molecule has 0 aliphatic carbocycles. The molecule has 1 unspecified atom stereocenters. The SMILES string of the molecule is CC(NC(=O)c1cc(=O)c2ccccc2o1)c1cccc(C(F)(F)F)c1. The molecule has 1 amide bonds. The Bertz CT molecular complexity index is 1020. The number of nitrogens with one attached hydrogen (secondary N) is 1. The molecule has 4 nitrogen and oxygen atoms in total. The topological polar surface area (TPSA) is 59.3 Å². The molecule has 1 aromatic heterocycles. The van der Waals surface area contributed by atoms with Gasteiger partial charge in [0.2, 0.25) is 0 Å². The number of alkyl halides is 3. The number of carbonyl (C=O) groups excluding carboxylic acids is 1. The number of halogens is 3. The van der Waals surface area contributed by atoms with Crippen LogP contribution in [0.15, 0.2) is 63.8 Å². The van der Waals surface area contributed by atoms with Crippen LogP contribution in [-0.2, 0) is 6.18 Å². The van der Waals surface area contributed by atoms with Gasteiger partial charge in [0.25, 0.3) is 5.91 Å². The maximum absolute atomic E-state index is 12.8. The van der Waals surface area contributed by atoms with Gasteiger partial charge in [-0.3, -0.25) is 9.59 Å². The molecule has 134 valence electrons. The van der Waals surface area contributed by atoms with Crippen LogP contribution < -0.4 is 10.7 Å². The summed E-state index contributed by atoms with van der Waals surface area (Å²) in [6, 6.07) is 11.5. The molecule has 0 aliphatic heterocycles. The van der Waals surface area contributed by atoms with Crippen LogP contribution in [0.4, 0.5) is 13.2 Å². The second kappa shape index (κ2) is 6.67. The third-order valence-electron chi connectivity index (χ3n) is 3.92. The smallest absolute Gasteiger partial charge is 0.416 e. The van der Waals surface area contributed by atoms with Crippen LogP contribution in [0.3, 0.4) is 0 Å². The molecule has 0 saturated heterocycles. The van der Waals surface area contributed by atoms with Crippen LogP contribution in [0.1, 0.15) is 34.6 Å². The lowest BCUT2D eigenvalue weighted by atomic mass is 10.0. The van der Waals surface area contributed by atoms with Crippen molar-refractivity contribution in [1.29, 1.82) is 0 Å². The number of fused-ring (bicyclic) bond motifs is 1. The quantitative estimate of drug-likeness (QED) is 0.757. The number of rotatable bonds is 3. The van der Waals surface area contributed by atoms with E-state index in [1.807, 2.05) is 0 Å². The zero-order chi connectivity index (χ0) is 18.9. The van der Waals surface area contributed by atoms with Gasteiger partial charge in [0.15, 0.2) is 11.2 Å². The average molecular weight is 361 g/mol. The fraction of sp³-hybridized carbons (Fsp3) is 0.158. The summed E-state index contributed by atoms with van der Waals surface area (Å²) in [4.78, 5) is 24.4. The van der Waals surface area contributed by atoms with Crippen molar-refractivity contribution in [2.75, 3.05) is 0 Å². The first-order valence-corrected chi connectivity index (χ1v) is 7.76. The third-order valence-corrected chi connectivity index (χ3v) is 3.92. The summed E-state index contributed by atoms with van der Waals surface area (Å²) in [5.74, 6) is -0.884. The molecular formula is C19H14F3NO3. The highest BCUT2D eigenvalue weighted by Crippen LogP contribution is 2.30. The largest absolute Gasteiger partial charge is 0.451 e. The van der Waals surface area contributed by atoms with Crippen molar-refractivity contribution in [2.24, 2.45) is 0 Å². The maximum atomic E-state index is 12.8. The van der Waals surface area contributed by atoms with Gasteiger partial charge in [-0.15, -0.1) is 0 Å². The molecule has 0 radical (unpaired) electrons. The number of carbonyl (C=O) groups is 1. The molecule has 3 aromatic rings. The Labute approximate surface area is 146 Å². The van der Waals surface area contributed by atoms with Crippen LogP contribution in [0.2, 0.25) is 0 Å². The van der Waals surface area contributed by atoms with Crippen LogP contribution in [0, 0.1) is 0 Å². The van der Waals surface area contributed by atoms with Gasteiger partial charge in [-0.05, 0) is 36.8 Å². The molecule has 1 heterocycles. The van der Waals surface area contributed by atoms with E-state index in [0.29, 0.717) is 5.39 Å². The monoisotopic (exact) mass is 361 g/mol. The van der Waals surface area contributed by atoms with E-state index in [4.69, 9.17) is 4.42 Å². The van der Waals surface area contributed by atoms with Crippen molar-refractivity contribution in [1.82, 2.24) is 5.32 Å². The fourth-order valence-electron chi connectivity index (χ4n) is 2.55. The van der Waals surface area contributed by atoms with Gasteiger partial charge in [0.05, 0.1) is 17.0 Å². The van der Waals surface area contributed by atoms with Crippen molar-refractivity contribution in [3.05, 3.63) is 81.7 Å². The van der Waals surface area contributed by atoms with E-state index in [-0.39, 0.29) is 22.3 Å². The number of hydrogen-bond donors (Lipinski definition) is 1. The van der Waals surface area contributed by atoms with Gasteiger partial charge < -0.3 is 9.73 Å². The minimum absolute atomic E-state index is 0.201. The molecule has 0 bridgehead atoms. The third kappa shape index (κ3) is 3.61. The zero-order valence-electron chi connectivity index (χ0n) is 13.6. The molecule has 0 fully saturated rings. The molecule has 0 saturated carbocycles. The Balaban J connectivity index is 1.85. The highest BCUT2D eigenvalue weighted by molar-refractivity contribution is 5.93. The summed E-state index contributed by atoms with van der Waals surface area (Å²) < 4.78 is 43.9. The zero-order valence-corrected chi connectivity index (χ0v) is 13.6. The second-order valence-corrected chi connectivity index (χ2v) is 5.79. The number of amides is 1. The van der Waals surface area contributed by atoms with Crippen molar-refractivity contribution in [2.45, 2.75) is 19.1 Å². The van der Waals surface area contributed by atoms with E-state index in [9.17, 15) is 22.8 Å². The van der Waals surface area contributed by atoms with E-state index >= 15 is 0 Å². The number of para-hydroxylation sites is 1. The summed E-state index contributed by atoms with van der Waals surface area (Å²) in [7, 11) is 0. The fourth-order valence-corrected chi connectivity index (χ4v) is 2.55. The molecule has 0 aliphatic rings. The highest BCUT2D eigenvalue weighted by atomic mass is 19.4. The van der Waals surface area contributed by atoms with E-state index in [0.717, 1.165) is 18.2 Å². The van der Waals surface area contributed by atoms with Gasteiger partial charge in [-0.2, -0.15) is 13.2 Å². The summed E-state index contributed by atoms with van der Waals surface area (Å²) in [6.45, 7) is 1.55. The summed E-state index contributed by atoms with van der Waals surface area (Å²) >= 11 is 0. The molecule has 2 aromatic carbocycles. The molecule has 1 N–H and O–H groups in total. The Morgan fingerprint density at radius 2 is 1.81 bits per heavy atom. The minimum Gasteiger partial charge on any atom is -0.451 e. The van der Waals surface area contributed by atoms with Gasteiger partial charge >= 0.3 is 6.18 Å². The summed E-state index contributed by atoms with van der Waals surface area (Å²) in [6.07, 6.45) is -4.47. The highest BCUT2D eigenvalue weighted by Gasteiger charge is 2.30. The van der Waals surface area contributed by atoms with Crippen LogP contribution >= 0.6 is 0 Å². The summed E-state index contributed by atoms with van der Waals surface area (Å²) in [5, 5.41) is 2.89. The first-order chi connectivity index (χ1) is 12.3. The van der Waals surface area contributed by atoms with Crippen LogP contribution in [0.5, 0.6) is 0 Å². The maximum Gasteiger partial charge on any atom is 0.416 e. The van der Waals surface area contributed by atoms with E-state index < -0.39 is 23.7 Å². The minimum atomic E-state index is -4.47. The second-order valence-electron chi connectivity index (χ2n) is 5.79. The van der Waals surface area contributed by atoms with Gasteiger partial charge in [0.1, 0.15) is 5.58 Å². The van der Waals surface area contributed by atoms with E-state index in [2.05, 4.69) is 5.32 Å². The average Bonchev–Trinajstić information content (AvgIpc) is 2.61. The number of hydrogen-bond acceptors (Lipinski definition) is 3. The Kier molecular flexibility index (Phi) is 4.54. The molecular weight excluding hydrogens is 347 g/mol. The van der Waals surface area contributed by atoms with Gasteiger partial charge in [-0.1, -0.05) is 24.3 Å². The molecule has 26 heavy (non-hydrogen) atoms. The normalized spacial score (nSPS) is 12.8. The standard InChI is InChI=1S/C19H14F3NO3/c1-11(12-5-4-6-13(9-12)19(20,21)22)23-18(25)17-10-15(24)14-7-2-3-8-16(14)26-17/h2-11H,1H3,(H,23,25). The Hall–Kier alpha value is -3.09. The van der Waals surface area contributed by atoms with Crippen LogP contribution in [-0.4, -0.2) is 5.91 Å². The van der Waals surface area contributed by atoms with Gasteiger partial charge in [0, 0.05) is 6.07 Å². The van der Waals surface area contributed by atoms with E-state index in [1.165, 1.54) is 12.1 Å². The predicted octanol–water partition coefficient (Wildman–Crippen LogP) is 4.30. The first-order valence-electron chi connectivity index (χ1n) is 7.76. The van der Waals surface area contributed by atoms with Crippen LogP contribution in [0.25, 0.3) is 11.0 Å². The molecule has 3 rings (SSSR count). The molecule has 7 heteroatoms. The van der Waals surface area contributed by atoms with Crippen molar-refractivity contribution < 1.29 is 22.4 Å².